The first-order valence-corrected chi connectivity index (χ1v) is 16.3. The number of fused-ring (bicyclic) bond motifs is 4. The van der Waals surface area contributed by atoms with E-state index in [0.29, 0.717) is 0 Å². The normalized spacial score (nSPS) is 17.7. The molecule has 0 radical (unpaired) electrons. The molecule has 0 spiro atoms. The number of hydrogen-bond acceptors (Lipinski definition) is 3. The lowest BCUT2D eigenvalue weighted by Gasteiger charge is -2.36. The highest BCUT2D eigenvalue weighted by Gasteiger charge is 2.48. The van der Waals surface area contributed by atoms with Crippen LogP contribution in [0.15, 0.2) is 181 Å². The lowest BCUT2D eigenvalue weighted by molar-refractivity contribution is 0.411. The Hall–Kier alpha value is -5.77. The first kappa shape index (κ1) is 27.5. The van der Waals surface area contributed by atoms with E-state index in [1.807, 2.05) is 0 Å². The van der Waals surface area contributed by atoms with Gasteiger partial charge < -0.3 is 5.32 Å². The highest BCUT2D eigenvalue weighted by atomic mass is 15.3. The third-order valence-corrected chi connectivity index (χ3v) is 9.82. The van der Waals surface area contributed by atoms with E-state index < -0.39 is 5.41 Å². The molecule has 1 aliphatic heterocycles. The van der Waals surface area contributed by atoms with E-state index in [-0.39, 0.29) is 12.3 Å². The second-order valence-corrected chi connectivity index (χ2v) is 12.4. The van der Waals surface area contributed by atoms with Crippen molar-refractivity contribution in [2.45, 2.75) is 17.7 Å². The zero-order chi connectivity index (χ0) is 31.2. The maximum absolute atomic E-state index is 5.23. The molecule has 7 aromatic rings. The second-order valence-electron chi connectivity index (χ2n) is 12.4. The van der Waals surface area contributed by atoms with Gasteiger partial charge in [-0.05, 0) is 55.8 Å². The molecule has 224 valence electrons. The van der Waals surface area contributed by atoms with E-state index in [1.165, 1.54) is 49.7 Å². The van der Waals surface area contributed by atoms with Crippen molar-refractivity contribution in [3.63, 3.8) is 0 Å². The monoisotopic (exact) mass is 603 g/mol. The molecular weight excluding hydrogens is 571 g/mol. The molecule has 2 aliphatic rings. The van der Waals surface area contributed by atoms with Gasteiger partial charge in [0.15, 0.2) is 0 Å². The highest BCUT2D eigenvalue weighted by Crippen LogP contribution is 2.58. The van der Waals surface area contributed by atoms with E-state index in [2.05, 4.69) is 187 Å². The molecule has 1 heterocycles. The standard InChI is InChI=1S/C44H33N3/c1-5-17-30(18-6-1)41-45-42(31-19-7-2-8-20-31)47-43(46-41)40-35-26-14-13-21-32(35)29-38-39(40)36-27-15-16-28-37(36)44(38,33-22-9-3-10-23-33)34-24-11-4-12-25-34/h1-29,41,43,46H,(H,45,47). The summed E-state index contributed by atoms with van der Waals surface area (Å²) in [5.74, 6) is 0.883. The van der Waals surface area contributed by atoms with Gasteiger partial charge in [0.25, 0.3) is 0 Å². The van der Waals surface area contributed by atoms with Crippen molar-refractivity contribution in [1.82, 2.24) is 10.6 Å². The zero-order valence-electron chi connectivity index (χ0n) is 25.8. The maximum atomic E-state index is 5.23. The van der Waals surface area contributed by atoms with Crippen LogP contribution in [0.4, 0.5) is 0 Å². The van der Waals surface area contributed by atoms with Crippen molar-refractivity contribution < 1.29 is 0 Å². The fourth-order valence-electron chi connectivity index (χ4n) is 7.85. The van der Waals surface area contributed by atoms with Gasteiger partial charge in [-0.25, -0.2) is 4.99 Å². The van der Waals surface area contributed by atoms with Crippen LogP contribution in [-0.2, 0) is 5.41 Å². The van der Waals surface area contributed by atoms with Gasteiger partial charge >= 0.3 is 0 Å². The van der Waals surface area contributed by atoms with Gasteiger partial charge in [-0.1, -0.05) is 170 Å². The van der Waals surface area contributed by atoms with Gasteiger partial charge in [-0.2, -0.15) is 0 Å². The fraction of sp³-hybridized carbons (Fsp3) is 0.0682. The SMILES string of the molecule is c1ccc(C2=NC(c3ccccc3)NC(c3c4c(cc5ccccc35)C(c3ccccc3)(c3ccccc3)c3ccccc3-4)N2)cc1. The third kappa shape index (κ3) is 4.35. The van der Waals surface area contributed by atoms with Crippen LogP contribution in [0.2, 0.25) is 0 Å². The summed E-state index contributed by atoms with van der Waals surface area (Å²) in [7, 11) is 0. The van der Waals surface area contributed by atoms with E-state index in [9.17, 15) is 0 Å². The summed E-state index contributed by atoms with van der Waals surface area (Å²) < 4.78 is 0. The number of nitrogens with one attached hydrogen (secondary N) is 2. The van der Waals surface area contributed by atoms with E-state index >= 15 is 0 Å². The molecule has 2 N–H and O–H groups in total. The van der Waals surface area contributed by atoms with Gasteiger partial charge in [-0.3, -0.25) is 5.32 Å². The summed E-state index contributed by atoms with van der Waals surface area (Å²) >= 11 is 0. The topological polar surface area (TPSA) is 36.4 Å². The fourth-order valence-corrected chi connectivity index (χ4v) is 7.85. The van der Waals surface area contributed by atoms with Gasteiger partial charge in [0.2, 0.25) is 0 Å². The molecule has 3 nitrogen and oxygen atoms in total. The maximum Gasteiger partial charge on any atom is 0.131 e. The van der Waals surface area contributed by atoms with Crippen LogP contribution >= 0.6 is 0 Å². The molecule has 1 aliphatic carbocycles. The molecule has 47 heavy (non-hydrogen) atoms. The van der Waals surface area contributed by atoms with E-state index in [4.69, 9.17) is 4.99 Å². The van der Waals surface area contributed by atoms with Crippen LogP contribution in [-0.4, -0.2) is 5.84 Å². The first-order valence-electron chi connectivity index (χ1n) is 16.3. The van der Waals surface area contributed by atoms with Crippen molar-refractivity contribution in [3.05, 3.63) is 215 Å². The Morgan fingerprint density at radius 2 is 1.11 bits per heavy atom. The Labute approximate surface area is 275 Å². The number of hydrogen-bond donors (Lipinski definition) is 2. The number of benzene rings is 7. The summed E-state index contributed by atoms with van der Waals surface area (Å²) in [4.78, 5) is 5.23. The van der Waals surface area contributed by atoms with Crippen LogP contribution in [0.3, 0.4) is 0 Å². The van der Waals surface area contributed by atoms with E-state index in [1.54, 1.807) is 0 Å². The lowest BCUT2D eigenvalue weighted by Crippen LogP contribution is -2.45. The van der Waals surface area contributed by atoms with Crippen molar-refractivity contribution in [2.75, 3.05) is 0 Å². The van der Waals surface area contributed by atoms with Gasteiger partial charge in [0.05, 0.1) is 5.41 Å². The van der Waals surface area contributed by atoms with Crippen LogP contribution in [0, 0.1) is 0 Å². The Morgan fingerprint density at radius 3 is 1.81 bits per heavy atom. The third-order valence-electron chi connectivity index (χ3n) is 9.82. The average Bonchev–Trinajstić information content (AvgIpc) is 3.45. The molecule has 0 fully saturated rings. The van der Waals surface area contributed by atoms with Crippen LogP contribution in [0.25, 0.3) is 21.9 Å². The van der Waals surface area contributed by atoms with Gasteiger partial charge in [0, 0.05) is 11.1 Å². The largest absolute Gasteiger partial charge is 0.350 e. The summed E-state index contributed by atoms with van der Waals surface area (Å²) in [6.07, 6.45) is -0.444. The predicted octanol–water partition coefficient (Wildman–Crippen LogP) is 9.54. The van der Waals surface area contributed by atoms with E-state index in [0.717, 1.165) is 17.0 Å². The average molecular weight is 604 g/mol. The van der Waals surface area contributed by atoms with Crippen LogP contribution in [0.1, 0.15) is 51.3 Å². The number of rotatable bonds is 5. The Balaban J connectivity index is 1.36. The lowest BCUT2D eigenvalue weighted by atomic mass is 9.67. The minimum atomic E-state index is -0.489. The van der Waals surface area contributed by atoms with Crippen molar-refractivity contribution >= 4 is 16.6 Å². The molecule has 3 heteroatoms. The molecule has 0 saturated heterocycles. The first-order chi connectivity index (χ1) is 23.3. The van der Waals surface area contributed by atoms with Gasteiger partial charge in [-0.15, -0.1) is 0 Å². The zero-order valence-corrected chi connectivity index (χ0v) is 25.8. The Bertz CT molecular complexity index is 2200. The van der Waals surface area contributed by atoms with Crippen LogP contribution in [0.5, 0.6) is 0 Å². The van der Waals surface area contributed by atoms with Crippen molar-refractivity contribution in [2.24, 2.45) is 4.99 Å². The quantitative estimate of drug-likeness (QED) is 0.206. The smallest absolute Gasteiger partial charge is 0.131 e. The van der Waals surface area contributed by atoms with Crippen molar-refractivity contribution in [1.29, 1.82) is 0 Å². The number of nitrogens with zero attached hydrogens (tertiary/aromatic N) is 1. The van der Waals surface area contributed by atoms with Gasteiger partial charge in [0.1, 0.15) is 18.2 Å². The summed E-state index contributed by atoms with van der Waals surface area (Å²) in [6.45, 7) is 0. The minimum Gasteiger partial charge on any atom is -0.350 e. The summed E-state index contributed by atoms with van der Waals surface area (Å²) in [5.41, 5.74) is 10.6. The molecule has 7 aromatic carbocycles. The molecule has 0 saturated carbocycles. The molecule has 2 atom stereocenters. The summed E-state index contributed by atoms with van der Waals surface area (Å²) in [6, 6.07) is 63.4. The Kier molecular flexibility index (Phi) is 6.58. The highest BCUT2D eigenvalue weighted by molar-refractivity contribution is 6.03. The van der Waals surface area contributed by atoms with Crippen molar-refractivity contribution in [3.8, 4) is 11.1 Å². The number of aliphatic imine (C=N–C) groups is 1. The summed E-state index contributed by atoms with van der Waals surface area (Å²) in [5, 5.41) is 10.3. The van der Waals surface area contributed by atoms with Crippen LogP contribution < -0.4 is 10.6 Å². The molecule has 0 aromatic heterocycles. The molecule has 9 rings (SSSR count). The molecular formula is C44H33N3. The molecule has 0 bridgehead atoms. The number of amidine groups is 1. The second kappa shape index (κ2) is 11.2. The molecule has 2 unspecified atom stereocenters. The predicted molar refractivity (Wildman–Crippen MR) is 192 cm³/mol. The molecule has 0 amide bonds. The minimum absolute atomic E-state index is 0.219. The Morgan fingerprint density at radius 1 is 0.532 bits per heavy atom.